The van der Waals surface area contributed by atoms with E-state index in [4.69, 9.17) is 16.3 Å². The largest absolute Gasteiger partial charge is 0.462 e. The quantitative estimate of drug-likeness (QED) is 0.262. The van der Waals surface area contributed by atoms with Crippen LogP contribution >= 0.6 is 11.6 Å². The zero-order chi connectivity index (χ0) is 20.1. The van der Waals surface area contributed by atoms with Crippen molar-refractivity contribution in [2.45, 2.75) is 13.8 Å². The van der Waals surface area contributed by atoms with Gasteiger partial charge in [-0.05, 0) is 44.2 Å². The van der Waals surface area contributed by atoms with Crippen molar-refractivity contribution in [2.75, 3.05) is 6.61 Å². The molecular formula is C22H19ClN2O3. The molecule has 0 atom stereocenters. The van der Waals surface area contributed by atoms with Gasteiger partial charge in [0.05, 0.1) is 18.0 Å². The summed E-state index contributed by atoms with van der Waals surface area (Å²) in [4.78, 5) is 24.2. The van der Waals surface area contributed by atoms with E-state index in [1.165, 1.54) is 13.0 Å². The van der Waals surface area contributed by atoms with Gasteiger partial charge in [-0.25, -0.2) is 9.48 Å². The summed E-state index contributed by atoms with van der Waals surface area (Å²) in [5.41, 5.74) is 2.91. The zero-order valence-corrected chi connectivity index (χ0v) is 16.3. The van der Waals surface area contributed by atoms with E-state index >= 15 is 0 Å². The van der Waals surface area contributed by atoms with E-state index in [9.17, 15) is 9.59 Å². The molecule has 0 unspecified atom stereocenters. The van der Waals surface area contributed by atoms with Gasteiger partial charge in [0.1, 0.15) is 5.57 Å². The Morgan fingerprint density at radius 1 is 1.11 bits per heavy atom. The van der Waals surface area contributed by atoms with Crippen LogP contribution in [0.25, 0.3) is 23.0 Å². The summed E-state index contributed by atoms with van der Waals surface area (Å²) >= 11 is 6.00. The van der Waals surface area contributed by atoms with Crippen molar-refractivity contribution in [3.05, 3.63) is 77.0 Å². The van der Waals surface area contributed by atoms with E-state index in [2.05, 4.69) is 5.10 Å². The Balaban J connectivity index is 2.16. The summed E-state index contributed by atoms with van der Waals surface area (Å²) in [6.45, 7) is 3.23. The third-order valence-electron chi connectivity index (χ3n) is 4.06. The van der Waals surface area contributed by atoms with Crippen LogP contribution in [-0.2, 0) is 14.3 Å². The van der Waals surface area contributed by atoms with E-state index in [0.717, 1.165) is 11.3 Å². The minimum absolute atomic E-state index is 0.0234. The lowest BCUT2D eigenvalue weighted by Crippen LogP contribution is -2.13. The van der Waals surface area contributed by atoms with Gasteiger partial charge in [-0.2, -0.15) is 5.10 Å². The van der Waals surface area contributed by atoms with Gasteiger partial charge in [0.15, 0.2) is 5.78 Å². The summed E-state index contributed by atoms with van der Waals surface area (Å²) in [7, 11) is 0. The molecule has 142 valence electrons. The van der Waals surface area contributed by atoms with Gasteiger partial charge < -0.3 is 4.74 Å². The Kier molecular flexibility index (Phi) is 6.06. The second-order valence-corrected chi connectivity index (χ2v) is 6.49. The summed E-state index contributed by atoms with van der Waals surface area (Å²) < 4.78 is 6.72. The van der Waals surface area contributed by atoms with E-state index in [1.807, 2.05) is 42.5 Å². The minimum Gasteiger partial charge on any atom is -0.462 e. The molecule has 0 amide bonds. The molecule has 2 aromatic carbocycles. The fraction of sp³-hybridized carbons (Fsp3) is 0.136. The number of halogens is 1. The Hall–Kier alpha value is -3.18. The summed E-state index contributed by atoms with van der Waals surface area (Å²) in [6, 6.07) is 16.8. The number of rotatable bonds is 6. The molecule has 1 aromatic heterocycles. The highest BCUT2D eigenvalue weighted by Gasteiger charge is 2.19. The molecule has 3 aromatic rings. The van der Waals surface area contributed by atoms with Crippen LogP contribution in [0.5, 0.6) is 0 Å². The van der Waals surface area contributed by atoms with Crippen LogP contribution in [0.1, 0.15) is 19.4 Å². The SMILES string of the molecule is CCOC(=O)C(=Cc1cn(-c2ccccc2)nc1-c1ccc(Cl)cc1)C(C)=O. The smallest absolute Gasteiger partial charge is 0.341 e. The van der Waals surface area contributed by atoms with Gasteiger partial charge in [0, 0.05) is 22.3 Å². The minimum atomic E-state index is -0.649. The molecule has 5 nitrogen and oxygen atoms in total. The number of hydrogen-bond donors (Lipinski definition) is 0. The monoisotopic (exact) mass is 394 g/mol. The number of carbonyl (C=O) groups is 2. The molecule has 3 rings (SSSR count). The molecule has 1 heterocycles. The number of hydrogen-bond acceptors (Lipinski definition) is 4. The van der Waals surface area contributed by atoms with Crippen LogP contribution in [0.2, 0.25) is 5.02 Å². The van der Waals surface area contributed by atoms with Crippen molar-refractivity contribution in [2.24, 2.45) is 0 Å². The number of nitrogens with zero attached hydrogens (tertiary/aromatic N) is 2. The number of para-hydroxylation sites is 1. The Morgan fingerprint density at radius 3 is 2.39 bits per heavy atom. The lowest BCUT2D eigenvalue weighted by atomic mass is 10.0. The molecule has 0 aliphatic heterocycles. The first-order chi connectivity index (χ1) is 13.5. The first-order valence-electron chi connectivity index (χ1n) is 8.80. The molecule has 28 heavy (non-hydrogen) atoms. The predicted octanol–water partition coefficient (Wildman–Crippen LogP) is 4.73. The van der Waals surface area contributed by atoms with Crippen LogP contribution in [0, 0.1) is 0 Å². The average Bonchev–Trinajstić information content (AvgIpc) is 3.11. The second-order valence-electron chi connectivity index (χ2n) is 6.05. The molecule has 0 aliphatic rings. The Morgan fingerprint density at radius 2 is 1.79 bits per heavy atom. The standard InChI is InChI=1S/C22H19ClN2O3/c1-3-28-22(27)20(15(2)26)13-17-14-25(19-7-5-4-6-8-19)24-21(17)16-9-11-18(23)12-10-16/h4-14H,3H2,1-2H3. The highest BCUT2D eigenvalue weighted by Crippen LogP contribution is 2.27. The number of aromatic nitrogens is 2. The maximum absolute atomic E-state index is 12.2. The molecule has 6 heteroatoms. The summed E-state index contributed by atoms with van der Waals surface area (Å²) in [5, 5.41) is 5.27. The van der Waals surface area contributed by atoms with Crippen LogP contribution < -0.4 is 0 Å². The van der Waals surface area contributed by atoms with Crippen LogP contribution in [-0.4, -0.2) is 28.1 Å². The van der Waals surface area contributed by atoms with E-state index in [0.29, 0.717) is 16.3 Å². The predicted molar refractivity (Wildman–Crippen MR) is 109 cm³/mol. The van der Waals surface area contributed by atoms with Crippen molar-refractivity contribution in [3.8, 4) is 16.9 Å². The first-order valence-corrected chi connectivity index (χ1v) is 9.18. The van der Waals surface area contributed by atoms with Crippen LogP contribution in [0.4, 0.5) is 0 Å². The van der Waals surface area contributed by atoms with E-state index in [1.54, 1.807) is 29.9 Å². The molecule has 0 aliphatic carbocycles. The highest BCUT2D eigenvalue weighted by atomic mass is 35.5. The van der Waals surface area contributed by atoms with Gasteiger partial charge in [-0.15, -0.1) is 0 Å². The summed E-state index contributed by atoms with van der Waals surface area (Å²) in [5.74, 6) is -1.02. The van der Waals surface area contributed by atoms with E-state index < -0.39 is 5.97 Å². The Bertz CT molecular complexity index is 1020. The van der Waals surface area contributed by atoms with Crippen molar-refractivity contribution >= 4 is 29.4 Å². The maximum Gasteiger partial charge on any atom is 0.341 e. The lowest BCUT2D eigenvalue weighted by Gasteiger charge is -2.04. The zero-order valence-electron chi connectivity index (χ0n) is 15.6. The van der Waals surface area contributed by atoms with Crippen molar-refractivity contribution in [1.29, 1.82) is 0 Å². The third-order valence-corrected chi connectivity index (χ3v) is 4.31. The maximum atomic E-state index is 12.2. The van der Waals surface area contributed by atoms with Crippen molar-refractivity contribution < 1.29 is 14.3 Å². The van der Waals surface area contributed by atoms with Gasteiger partial charge in [0.2, 0.25) is 0 Å². The second kappa shape index (κ2) is 8.67. The van der Waals surface area contributed by atoms with Gasteiger partial charge >= 0.3 is 5.97 Å². The van der Waals surface area contributed by atoms with Crippen molar-refractivity contribution in [3.63, 3.8) is 0 Å². The molecule has 0 radical (unpaired) electrons. The number of carbonyl (C=O) groups excluding carboxylic acids is 2. The van der Waals surface area contributed by atoms with E-state index in [-0.39, 0.29) is 18.0 Å². The van der Waals surface area contributed by atoms with Crippen molar-refractivity contribution in [1.82, 2.24) is 9.78 Å². The molecular weight excluding hydrogens is 376 g/mol. The third kappa shape index (κ3) is 4.38. The topological polar surface area (TPSA) is 61.2 Å². The lowest BCUT2D eigenvalue weighted by molar-refractivity contribution is -0.139. The number of Topliss-reactive ketones (excluding diaryl/α,β-unsaturated/α-hetero) is 1. The van der Waals surface area contributed by atoms with Crippen LogP contribution in [0.3, 0.4) is 0 Å². The molecule has 0 spiro atoms. The van der Waals surface area contributed by atoms with Crippen LogP contribution in [0.15, 0.2) is 66.4 Å². The molecule has 0 saturated carbocycles. The highest BCUT2D eigenvalue weighted by molar-refractivity contribution is 6.30. The number of esters is 1. The van der Waals surface area contributed by atoms with Gasteiger partial charge in [-0.3, -0.25) is 4.79 Å². The average molecular weight is 395 g/mol. The fourth-order valence-corrected chi connectivity index (χ4v) is 2.83. The number of ether oxygens (including phenoxy) is 1. The number of benzene rings is 2. The number of ketones is 1. The van der Waals surface area contributed by atoms with Gasteiger partial charge in [-0.1, -0.05) is 41.9 Å². The first kappa shape index (κ1) is 19.6. The molecule has 0 N–H and O–H groups in total. The fourth-order valence-electron chi connectivity index (χ4n) is 2.71. The van der Waals surface area contributed by atoms with Gasteiger partial charge in [0.25, 0.3) is 0 Å². The molecule has 0 fully saturated rings. The normalized spacial score (nSPS) is 11.3. The molecule has 0 bridgehead atoms. The summed E-state index contributed by atoms with van der Waals surface area (Å²) in [6.07, 6.45) is 3.30. The Labute approximate surface area is 168 Å². The molecule has 0 saturated heterocycles.